The fraction of sp³-hybridized carbons (Fsp3) is 1.00. The molecular weight excluding hydrogens is 234 g/mol. The smallest absolute Gasteiger partial charge is 0.00684 e. The monoisotopic (exact) mass is 267 g/mol. The van der Waals surface area contributed by atoms with Gasteiger partial charge in [0, 0.05) is 25.2 Å². The first-order valence-corrected chi connectivity index (χ1v) is 8.15. The highest BCUT2D eigenvalue weighted by atomic mass is 15.1. The summed E-state index contributed by atoms with van der Waals surface area (Å²) in [6.45, 7) is 8.59. The maximum absolute atomic E-state index is 5.98. The Balaban J connectivity index is 1.76. The Labute approximate surface area is 119 Å². The van der Waals surface area contributed by atoms with E-state index in [9.17, 15) is 0 Å². The maximum atomic E-state index is 5.98. The zero-order valence-electron chi connectivity index (χ0n) is 13.1. The zero-order valence-corrected chi connectivity index (χ0v) is 13.1. The van der Waals surface area contributed by atoms with Crippen molar-refractivity contribution < 1.29 is 0 Å². The van der Waals surface area contributed by atoms with Gasteiger partial charge in [-0.15, -0.1) is 0 Å². The van der Waals surface area contributed by atoms with Crippen LogP contribution in [0.1, 0.15) is 52.4 Å². The molecule has 19 heavy (non-hydrogen) atoms. The lowest BCUT2D eigenvalue weighted by Gasteiger charge is -2.41. The lowest BCUT2D eigenvalue weighted by Crippen LogP contribution is -2.47. The molecule has 0 aromatic rings. The second-order valence-electron chi connectivity index (χ2n) is 7.58. The number of hydrogen-bond acceptors (Lipinski definition) is 3. The average Bonchev–Trinajstić information content (AvgIpc) is 2.38. The number of piperidine rings is 1. The minimum atomic E-state index is 0.411. The van der Waals surface area contributed by atoms with E-state index in [4.69, 9.17) is 5.73 Å². The van der Waals surface area contributed by atoms with Crippen LogP contribution in [-0.4, -0.2) is 43.7 Å². The molecule has 3 nitrogen and oxygen atoms in total. The van der Waals surface area contributed by atoms with Crippen molar-refractivity contribution in [3.63, 3.8) is 0 Å². The predicted octanol–water partition coefficient (Wildman–Crippen LogP) is 2.21. The molecule has 0 amide bonds. The van der Waals surface area contributed by atoms with Gasteiger partial charge >= 0.3 is 0 Å². The molecule has 1 saturated heterocycles. The van der Waals surface area contributed by atoms with Crippen LogP contribution < -0.4 is 11.1 Å². The minimum Gasteiger partial charge on any atom is -0.328 e. The topological polar surface area (TPSA) is 41.3 Å². The molecule has 3 heteroatoms. The Morgan fingerprint density at radius 1 is 1.16 bits per heavy atom. The number of rotatable bonds is 4. The molecule has 2 rings (SSSR count). The molecule has 0 aromatic heterocycles. The van der Waals surface area contributed by atoms with Crippen LogP contribution >= 0.6 is 0 Å². The number of nitrogens with zero attached hydrogens (tertiary/aromatic N) is 1. The summed E-state index contributed by atoms with van der Waals surface area (Å²) in [5, 5.41) is 3.82. The molecular formula is C16H33N3. The highest BCUT2D eigenvalue weighted by Crippen LogP contribution is 2.33. The molecule has 0 aromatic carbocycles. The van der Waals surface area contributed by atoms with E-state index in [0.717, 1.165) is 12.5 Å². The van der Waals surface area contributed by atoms with Crippen molar-refractivity contribution in [2.75, 3.05) is 26.7 Å². The van der Waals surface area contributed by atoms with Crippen LogP contribution in [0.3, 0.4) is 0 Å². The van der Waals surface area contributed by atoms with Gasteiger partial charge in [-0.25, -0.2) is 0 Å². The van der Waals surface area contributed by atoms with Gasteiger partial charge in [0.05, 0.1) is 0 Å². The van der Waals surface area contributed by atoms with Gasteiger partial charge < -0.3 is 16.0 Å². The second-order valence-corrected chi connectivity index (χ2v) is 7.58. The van der Waals surface area contributed by atoms with Crippen molar-refractivity contribution in [2.24, 2.45) is 17.1 Å². The largest absolute Gasteiger partial charge is 0.328 e. The van der Waals surface area contributed by atoms with Crippen molar-refractivity contribution >= 4 is 0 Å². The van der Waals surface area contributed by atoms with Gasteiger partial charge in [0.2, 0.25) is 0 Å². The summed E-state index contributed by atoms with van der Waals surface area (Å²) >= 11 is 0. The van der Waals surface area contributed by atoms with Gasteiger partial charge in [-0.2, -0.15) is 0 Å². The Bertz CT molecular complexity index is 269. The maximum Gasteiger partial charge on any atom is 0.00684 e. The molecule has 1 aliphatic heterocycles. The summed E-state index contributed by atoms with van der Waals surface area (Å²) in [5.74, 6) is 0.838. The fourth-order valence-corrected chi connectivity index (χ4v) is 3.68. The first-order chi connectivity index (χ1) is 8.97. The molecule has 0 radical (unpaired) electrons. The molecule has 1 saturated carbocycles. The van der Waals surface area contributed by atoms with Crippen molar-refractivity contribution in [3.8, 4) is 0 Å². The van der Waals surface area contributed by atoms with Crippen molar-refractivity contribution in [1.82, 2.24) is 10.2 Å². The van der Waals surface area contributed by atoms with E-state index >= 15 is 0 Å². The van der Waals surface area contributed by atoms with E-state index in [0.29, 0.717) is 17.5 Å². The van der Waals surface area contributed by atoms with Crippen molar-refractivity contribution in [3.05, 3.63) is 0 Å². The standard InChI is InChI=1S/C16H33N3/c1-16(2,13-5-4-10-19(3)11-13)12-18-15-8-6-14(17)7-9-15/h13-15,18H,4-12,17H2,1-3H3. The molecule has 2 aliphatic rings. The number of nitrogens with two attached hydrogens (primary N) is 1. The van der Waals surface area contributed by atoms with Crippen molar-refractivity contribution in [1.29, 1.82) is 0 Å². The SMILES string of the molecule is CN1CCCC(C(C)(C)CNC2CCC(N)CC2)C1. The van der Waals surface area contributed by atoms with Crippen molar-refractivity contribution in [2.45, 2.75) is 64.5 Å². The third kappa shape index (κ3) is 4.44. The summed E-state index contributed by atoms with van der Waals surface area (Å²) < 4.78 is 0. The predicted molar refractivity (Wildman–Crippen MR) is 82.2 cm³/mol. The van der Waals surface area contributed by atoms with Crippen LogP contribution in [0.4, 0.5) is 0 Å². The normalized spacial score (nSPS) is 34.4. The number of hydrogen-bond donors (Lipinski definition) is 2. The van der Waals surface area contributed by atoms with Crippen LogP contribution in [0.25, 0.3) is 0 Å². The van der Waals surface area contributed by atoms with Crippen LogP contribution in [-0.2, 0) is 0 Å². The summed E-state index contributed by atoms with van der Waals surface area (Å²) in [4.78, 5) is 2.50. The molecule has 112 valence electrons. The van der Waals surface area contributed by atoms with Gasteiger partial charge in [0.1, 0.15) is 0 Å². The summed E-state index contributed by atoms with van der Waals surface area (Å²) in [6.07, 6.45) is 7.69. The summed E-state index contributed by atoms with van der Waals surface area (Å²) in [5.41, 5.74) is 6.39. The molecule has 1 aliphatic carbocycles. The quantitative estimate of drug-likeness (QED) is 0.820. The lowest BCUT2D eigenvalue weighted by molar-refractivity contribution is 0.0982. The molecule has 0 spiro atoms. The third-order valence-corrected chi connectivity index (χ3v) is 5.35. The minimum absolute atomic E-state index is 0.411. The Morgan fingerprint density at radius 2 is 1.84 bits per heavy atom. The fourth-order valence-electron chi connectivity index (χ4n) is 3.68. The van der Waals surface area contributed by atoms with E-state index in [1.165, 1.54) is 51.6 Å². The third-order valence-electron chi connectivity index (χ3n) is 5.35. The van der Waals surface area contributed by atoms with E-state index in [2.05, 4.69) is 31.1 Å². The van der Waals surface area contributed by atoms with E-state index in [-0.39, 0.29) is 0 Å². The van der Waals surface area contributed by atoms with Gasteiger partial charge in [0.15, 0.2) is 0 Å². The molecule has 2 fully saturated rings. The number of nitrogens with one attached hydrogen (secondary N) is 1. The van der Waals surface area contributed by atoms with Gasteiger partial charge in [-0.1, -0.05) is 13.8 Å². The first kappa shape index (κ1) is 15.3. The molecule has 1 unspecified atom stereocenters. The Morgan fingerprint density at radius 3 is 2.47 bits per heavy atom. The molecule has 0 bridgehead atoms. The summed E-state index contributed by atoms with van der Waals surface area (Å²) in [6, 6.07) is 1.17. The van der Waals surface area contributed by atoms with Gasteiger partial charge in [0.25, 0.3) is 0 Å². The highest BCUT2D eigenvalue weighted by Gasteiger charge is 2.32. The lowest BCUT2D eigenvalue weighted by atomic mass is 9.74. The second kappa shape index (κ2) is 6.55. The first-order valence-electron chi connectivity index (χ1n) is 8.15. The van der Waals surface area contributed by atoms with E-state index < -0.39 is 0 Å². The molecule has 1 atom stereocenters. The molecule has 3 N–H and O–H groups in total. The van der Waals surface area contributed by atoms with Crippen LogP contribution in [0.5, 0.6) is 0 Å². The zero-order chi connectivity index (χ0) is 13.9. The van der Waals surface area contributed by atoms with Gasteiger partial charge in [-0.05, 0) is 63.5 Å². The summed E-state index contributed by atoms with van der Waals surface area (Å²) in [7, 11) is 2.26. The molecule has 1 heterocycles. The van der Waals surface area contributed by atoms with Crippen LogP contribution in [0.15, 0.2) is 0 Å². The van der Waals surface area contributed by atoms with E-state index in [1.807, 2.05) is 0 Å². The number of likely N-dealkylation sites (tertiary alicyclic amines) is 1. The average molecular weight is 267 g/mol. The van der Waals surface area contributed by atoms with E-state index in [1.54, 1.807) is 0 Å². The van der Waals surface area contributed by atoms with Crippen LogP contribution in [0.2, 0.25) is 0 Å². The van der Waals surface area contributed by atoms with Crippen LogP contribution in [0, 0.1) is 11.3 Å². The van der Waals surface area contributed by atoms with Gasteiger partial charge in [-0.3, -0.25) is 0 Å². The highest BCUT2D eigenvalue weighted by molar-refractivity contribution is 4.87. The Kier molecular flexibility index (Phi) is 5.27. The Hall–Kier alpha value is -0.120.